The maximum Gasteiger partial charge on any atom is 0.254 e. The number of nitrogens with one attached hydrogen (secondary N) is 2. The third-order valence-corrected chi connectivity index (χ3v) is 5.24. The molecule has 27 heavy (non-hydrogen) atoms. The Balaban J connectivity index is 1.81. The number of H-pyrrole nitrogens is 1. The number of benzene rings is 3. The lowest BCUT2D eigenvalue weighted by Gasteiger charge is -2.11. The maximum atomic E-state index is 12.8. The van der Waals surface area contributed by atoms with Gasteiger partial charge in [-0.1, -0.05) is 54.6 Å². The van der Waals surface area contributed by atoms with Gasteiger partial charge in [0.1, 0.15) is 0 Å². The van der Waals surface area contributed by atoms with Crippen molar-refractivity contribution >= 4 is 38.7 Å². The van der Waals surface area contributed by atoms with Crippen LogP contribution in [0.2, 0.25) is 0 Å². The van der Waals surface area contributed by atoms with Gasteiger partial charge in [0, 0.05) is 27.7 Å². The molecule has 0 bridgehead atoms. The molecule has 4 nitrogen and oxygen atoms in total. The number of aromatic amines is 1. The van der Waals surface area contributed by atoms with Crippen molar-refractivity contribution in [2.24, 2.45) is 0 Å². The van der Waals surface area contributed by atoms with E-state index in [4.69, 9.17) is 0 Å². The lowest BCUT2D eigenvalue weighted by Crippen LogP contribution is -2.27. The van der Waals surface area contributed by atoms with Gasteiger partial charge < -0.3 is 15.4 Å². The molecule has 3 N–H and O–H groups in total. The van der Waals surface area contributed by atoms with Gasteiger partial charge in [0.05, 0.1) is 5.57 Å². The number of hydrogen-bond acceptors (Lipinski definition) is 2. The van der Waals surface area contributed by atoms with Crippen molar-refractivity contribution in [1.29, 1.82) is 0 Å². The van der Waals surface area contributed by atoms with Crippen molar-refractivity contribution in [1.82, 2.24) is 10.3 Å². The predicted molar refractivity (Wildman–Crippen MR) is 108 cm³/mol. The molecule has 3 aromatic carbocycles. The van der Waals surface area contributed by atoms with E-state index < -0.39 is 6.23 Å². The van der Waals surface area contributed by atoms with Crippen LogP contribution in [0.1, 0.15) is 16.8 Å². The number of aliphatic hydroxyl groups is 1. The summed E-state index contributed by atoms with van der Waals surface area (Å²) < 4.78 is 0. The van der Waals surface area contributed by atoms with E-state index in [2.05, 4.69) is 10.3 Å². The third kappa shape index (κ3) is 2.38. The highest BCUT2D eigenvalue weighted by Gasteiger charge is 2.34. The van der Waals surface area contributed by atoms with Crippen molar-refractivity contribution in [3.05, 3.63) is 83.6 Å². The van der Waals surface area contributed by atoms with Crippen molar-refractivity contribution in [2.45, 2.75) is 13.2 Å². The Kier molecular flexibility index (Phi) is 3.42. The molecule has 1 atom stereocenters. The number of hydrogen-bond donors (Lipinski definition) is 3. The molecule has 1 aliphatic heterocycles. The second-order valence-electron chi connectivity index (χ2n) is 6.90. The van der Waals surface area contributed by atoms with Gasteiger partial charge in [-0.05, 0) is 35.4 Å². The van der Waals surface area contributed by atoms with Crippen LogP contribution in [-0.2, 0) is 4.79 Å². The zero-order valence-electron chi connectivity index (χ0n) is 14.8. The van der Waals surface area contributed by atoms with Gasteiger partial charge in [0.25, 0.3) is 5.91 Å². The Labute approximate surface area is 156 Å². The molecule has 1 amide bonds. The minimum atomic E-state index is -1.03. The molecule has 5 rings (SSSR count). The van der Waals surface area contributed by atoms with E-state index in [0.717, 1.165) is 38.5 Å². The summed E-state index contributed by atoms with van der Waals surface area (Å²) in [4.78, 5) is 16.1. The third-order valence-electron chi connectivity index (χ3n) is 5.24. The number of para-hydroxylation sites is 1. The SMILES string of the molecule is Cc1[nH]c2ccccc2c1C1=C(c2ccc3ccccc3c2)C(O)NC1=O. The molecule has 1 aliphatic rings. The second-order valence-corrected chi connectivity index (χ2v) is 6.90. The highest BCUT2D eigenvalue weighted by molar-refractivity contribution is 6.33. The predicted octanol–water partition coefficient (Wildman–Crippen LogP) is 3.99. The largest absolute Gasteiger partial charge is 0.369 e. The summed E-state index contributed by atoms with van der Waals surface area (Å²) in [6.45, 7) is 1.96. The standard InChI is InChI=1S/C23H18N2O2/c1-13-19(17-8-4-5-9-18(17)24-13)21-20(22(26)25-23(21)27)16-11-10-14-6-2-3-7-15(14)12-16/h2-12,22,24,26H,1H3,(H,25,27). The van der Waals surface area contributed by atoms with Crippen LogP contribution in [0.15, 0.2) is 66.7 Å². The molecule has 4 aromatic rings. The molecule has 0 spiro atoms. The lowest BCUT2D eigenvalue weighted by molar-refractivity contribution is -0.116. The van der Waals surface area contributed by atoms with Gasteiger partial charge >= 0.3 is 0 Å². The number of aryl methyl sites for hydroxylation is 1. The number of aliphatic hydroxyl groups excluding tert-OH is 1. The minimum absolute atomic E-state index is 0.251. The Bertz CT molecular complexity index is 1250. The van der Waals surface area contributed by atoms with Crippen molar-refractivity contribution in [3.8, 4) is 0 Å². The average Bonchev–Trinajstić information content (AvgIpc) is 3.15. The highest BCUT2D eigenvalue weighted by Crippen LogP contribution is 2.38. The number of amides is 1. The molecule has 1 aromatic heterocycles. The molecular formula is C23H18N2O2. The molecule has 0 aliphatic carbocycles. The van der Waals surface area contributed by atoms with Gasteiger partial charge in [-0.3, -0.25) is 4.79 Å². The molecule has 2 heterocycles. The molecular weight excluding hydrogens is 336 g/mol. The van der Waals surface area contributed by atoms with Crippen LogP contribution >= 0.6 is 0 Å². The summed E-state index contributed by atoms with van der Waals surface area (Å²) in [5.41, 5.74) is 4.74. The van der Waals surface area contributed by atoms with E-state index in [1.165, 1.54) is 0 Å². The number of carbonyl (C=O) groups is 1. The Hall–Kier alpha value is -3.37. The van der Waals surface area contributed by atoms with Crippen LogP contribution in [0, 0.1) is 6.92 Å². The fourth-order valence-corrected chi connectivity index (χ4v) is 4.03. The van der Waals surface area contributed by atoms with Crippen LogP contribution < -0.4 is 5.32 Å². The molecule has 132 valence electrons. The van der Waals surface area contributed by atoms with Gasteiger partial charge in [-0.25, -0.2) is 0 Å². The first-order valence-electron chi connectivity index (χ1n) is 8.93. The van der Waals surface area contributed by atoms with Crippen molar-refractivity contribution in [3.63, 3.8) is 0 Å². The fraction of sp³-hybridized carbons (Fsp3) is 0.0870. The Morgan fingerprint density at radius 3 is 2.52 bits per heavy atom. The highest BCUT2D eigenvalue weighted by atomic mass is 16.3. The lowest BCUT2D eigenvalue weighted by atomic mass is 9.93. The first kappa shape index (κ1) is 15.9. The number of carbonyl (C=O) groups excluding carboxylic acids is 1. The fourth-order valence-electron chi connectivity index (χ4n) is 4.03. The zero-order valence-corrected chi connectivity index (χ0v) is 14.8. The van der Waals surface area contributed by atoms with Crippen LogP contribution in [0.4, 0.5) is 0 Å². The van der Waals surface area contributed by atoms with Gasteiger partial charge in [0.15, 0.2) is 6.23 Å². The number of rotatable bonds is 2. The van der Waals surface area contributed by atoms with E-state index >= 15 is 0 Å². The maximum absolute atomic E-state index is 12.8. The summed E-state index contributed by atoms with van der Waals surface area (Å²) in [5, 5.41) is 16.5. The van der Waals surface area contributed by atoms with Gasteiger partial charge in [-0.15, -0.1) is 0 Å². The molecule has 1 unspecified atom stereocenters. The average molecular weight is 354 g/mol. The summed E-state index contributed by atoms with van der Waals surface area (Å²) in [5.74, 6) is -0.251. The topological polar surface area (TPSA) is 65.1 Å². The van der Waals surface area contributed by atoms with E-state index in [1.54, 1.807) is 0 Å². The van der Waals surface area contributed by atoms with E-state index in [-0.39, 0.29) is 5.91 Å². The molecule has 0 saturated carbocycles. The Morgan fingerprint density at radius 1 is 0.926 bits per heavy atom. The summed E-state index contributed by atoms with van der Waals surface area (Å²) >= 11 is 0. The smallest absolute Gasteiger partial charge is 0.254 e. The molecule has 0 fully saturated rings. The van der Waals surface area contributed by atoms with Crippen LogP contribution in [0.3, 0.4) is 0 Å². The van der Waals surface area contributed by atoms with Crippen LogP contribution in [0.5, 0.6) is 0 Å². The van der Waals surface area contributed by atoms with Gasteiger partial charge in [-0.2, -0.15) is 0 Å². The second kappa shape index (κ2) is 5.83. The van der Waals surface area contributed by atoms with E-state index in [9.17, 15) is 9.90 Å². The zero-order chi connectivity index (χ0) is 18.5. The minimum Gasteiger partial charge on any atom is -0.369 e. The Morgan fingerprint density at radius 2 is 1.67 bits per heavy atom. The van der Waals surface area contributed by atoms with Crippen LogP contribution in [-0.4, -0.2) is 22.2 Å². The molecule has 0 saturated heterocycles. The van der Waals surface area contributed by atoms with Gasteiger partial charge in [0.2, 0.25) is 0 Å². The summed E-state index contributed by atoms with van der Waals surface area (Å²) in [6, 6.07) is 22.0. The quantitative estimate of drug-likeness (QED) is 0.510. The first-order chi connectivity index (χ1) is 13.1. The molecule has 0 radical (unpaired) electrons. The number of aromatic nitrogens is 1. The molecule has 4 heteroatoms. The van der Waals surface area contributed by atoms with E-state index in [0.29, 0.717) is 11.1 Å². The summed E-state index contributed by atoms with van der Waals surface area (Å²) in [7, 11) is 0. The summed E-state index contributed by atoms with van der Waals surface area (Å²) in [6.07, 6.45) is -1.03. The normalized spacial score (nSPS) is 17.1. The van der Waals surface area contributed by atoms with Crippen molar-refractivity contribution in [2.75, 3.05) is 0 Å². The number of fused-ring (bicyclic) bond motifs is 2. The first-order valence-corrected chi connectivity index (χ1v) is 8.93. The van der Waals surface area contributed by atoms with Crippen molar-refractivity contribution < 1.29 is 9.90 Å². The van der Waals surface area contributed by atoms with E-state index in [1.807, 2.05) is 73.7 Å². The van der Waals surface area contributed by atoms with Crippen LogP contribution in [0.25, 0.3) is 32.8 Å². The monoisotopic (exact) mass is 354 g/mol.